The topological polar surface area (TPSA) is 54.9 Å². The Hall–Kier alpha value is -2.44. The summed E-state index contributed by atoms with van der Waals surface area (Å²) in [5.41, 5.74) is 0.463. The third-order valence-electron chi connectivity index (χ3n) is 4.63. The van der Waals surface area contributed by atoms with E-state index in [2.05, 4.69) is 15.3 Å². The van der Waals surface area contributed by atoms with Gasteiger partial charge in [-0.15, -0.1) is 0 Å². The monoisotopic (exact) mass is 363 g/mol. The zero-order chi connectivity index (χ0) is 18.6. The first kappa shape index (κ1) is 18.4. The summed E-state index contributed by atoms with van der Waals surface area (Å²) in [5.74, 6) is 0.547. The number of hydrogen-bond acceptors (Lipinski definition) is 4. The molecule has 0 aliphatic heterocycles. The lowest BCUT2D eigenvalue weighted by Crippen LogP contribution is -2.20. The molecular weight excluding hydrogens is 343 g/mol. The highest BCUT2D eigenvalue weighted by atomic mass is 19.4. The van der Waals surface area contributed by atoms with E-state index in [1.165, 1.54) is 31.2 Å². The molecule has 0 bridgehead atoms. The summed E-state index contributed by atoms with van der Waals surface area (Å²) in [4.78, 5) is 19.3. The second-order valence-corrected chi connectivity index (χ2v) is 6.52. The van der Waals surface area contributed by atoms with Crippen LogP contribution in [0.4, 0.5) is 19.0 Å². The van der Waals surface area contributed by atoms with Crippen molar-refractivity contribution in [3.05, 3.63) is 41.9 Å². The van der Waals surface area contributed by atoms with Crippen molar-refractivity contribution in [3.63, 3.8) is 0 Å². The van der Waals surface area contributed by atoms with Gasteiger partial charge in [-0.3, -0.25) is 4.79 Å². The second-order valence-electron chi connectivity index (χ2n) is 6.52. The van der Waals surface area contributed by atoms with E-state index < -0.39 is 11.7 Å². The molecule has 4 nitrogen and oxygen atoms in total. The number of alkyl halides is 3. The molecule has 1 fully saturated rings. The van der Waals surface area contributed by atoms with Gasteiger partial charge in [0, 0.05) is 17.8 Å². The molecule has 0 spiro atoms. The maximum atomic E-state index is 12.8. The number of hydrogen-bond donors (Lipinski definition) is 1. The molecule has 1 aliphatic carbocycles. The van der Waals surface area contributed by atoms with Gasteiger partial charge in [-0.25, -0.2) is 9.97 Å². The minimum atomic E-state index is -4.38. The standard InChI is InChI=1S/C19H20F3N3O/c20-19(21,22)14-9-7-13(8-10-14)16-11-23-17(12-26)25-18(16)24-15-5-3-1-2-4-6-15/h7-12,15H,1-6H2,(H,23,24,25). The third kappa shape index (κ3) is 4.39. The Balaban J connectivity index is 1.91. The van der Waals surface area contributed by atoms with Gasteiger partial charge in [0.05, 0.1) is 5.56 Å². The zero-order valence-electron chi connectivity index (χ0n) is 14.2. The number of anilines is 1. The Morgan fingerprint density at radius 1 is 1.04 bits per heavy atom. The summed E-state index contributed by atoms with van der Waals surface area (Å²) in [6, 6.07) is 5.12. The minimum Gasteiger partial charge on any atom is -0.367 e. The van der Waals surface area contributed by atoms with Crippen molar-refractivity contribution in [2.75, 3.05) is 5.32 Å². The van der Waals surface area contributed by atoms with Gasteiger partial charge < -0.3 is 5.32 Å². The number of rotatable bonds is 4. The van der Waals surface area contributed by atoms with Crippen LogP contribution in [0, 0.1) is 0 Å². The van der Waals surface area contributed by atoms with Gasteiger partial charge in [-0.2, -0.15) is 13.2 Å². The Kier molecular flexibility index (Phi) is 5.54. The van der Waals surface area contributed by atoms with E-state index in [-0.39, 0.29) is 11.9 Å². The normalized spacial score (nSPS) is 16.1. The largest absolute Gasteiger partial charge is 0.416 e. The zero-order valence-corrected chi connectivity index (χ0v) is 14.2. The summed E-state index contributed by atoms with van der Waals surface area (Å²) in [5, 5.41) is 3.38. The number of aromatic nitrogens is 2. The van der Waals surface area contributed by atoms with Gasteiger partial charge in [0.25, 0.3) is 0 Å². The molecule has 2 aromatic rings. The third-order valence-corrected chi connectivity index (χ3v) is 4.63. The fourth-order valence-electron chi connectivity index (χ4n) is 3.23. The number of nitrogens with one attached hydrogen (secondary N) is 1. The maximum absolute atomic E-state index is 12.8. The highest BCUT2D eigenvalue weighted by molar-refractivity contribution is 5.78. The molecule has 0 atom stereocenters. The van der Waals surface area contributed by atoms with Crippen LogP contribution in [0.15, 0.2) is 30.5 Å². The van der Waals surface area contributed by atoms with Crippen LogP contribution < -0.4 is 5.32 Å². The van der Waals surface area contributed by atoms with Crippen LogP contribution in [0.25, 0.3) is 11.1 Å². The molecule has 1 saturated carbocycles. The molecular formula is C19H20F3N3O. The van der Waals surface area contributed by atoms with Gasteiger partial charge in [-0.05, 0) is 30.5 Å². The van der Waals surface area contributed by atoms with E-state index >= 15 is 0 Å². The molecule has 1 aliphatic rings. The van der Waals surface area contributed by atoms with E-state index in [0.717, 1.165) is 37.8 Å². The fraction of sp³-hybridized carbons (Fsp3) is 0.421. The van der Waals surface area contributed by atoms with Crippen LogP contribution in [-0.4, -0.2) is 22.3 Å². The molecule has 1 aromatic carbocycles. The molecule has 7 heteroatoms. The van der Waals surface area contributed by atoms with Crippen LogP contribution in [-0.2, 0) is 6.18 Å². The average Bonchev–Trinajstić information content (AvgIpc) is 2.90. The van der Waals surface area contributed by atoms with Crippen molar-refractivity contribution in [2.24, 2.45) is 0 Å². The van der Waals surface area contributed by atoms with Crippen molar-refractivity contribution >= 4 is 12.1 Å². The first-order valence-electron chi connectivity index (χ1n) is 8.74. The molecule has 26 heavy (non-hydrogen) atoms. The predicted molar refractivity (Wildman–Crippen MR) is 93.0 cm³/mol. The minimum absolute atomic E-state index is 0.0526. The van der Waals surface area contributed by atoms with Crippen molar-refractivity contribution in [2.45, 2.75) is 50.7 Å². The summed E-state index contributed by atoms with van der Waals surface area (Å²) in [7, 11) is 0. The van der Waals surface area contributed by atoms with Gasteiger partial charge >= 0.3 is 6.18 Å². The molecule has 3 rings (SSSR count). The van der Waals surface area contributed by atoms with Crippen LogP contribution >= 0.6 is 0 Å². The maximum Gasteiger partial charge on any atom is 0.416 e. The number of aldehydes is 1. The van der Waals surface area contributed by atoms with E-state index in [0.29, 0.717) is 23.2 Å². The highest BCUT2D eigenvalue weighted by Crippen LogP contribution is 2.33. The molecule has 1 N–H and O–H groups in total. The molecule has 1 heterocycles. The van der Waals surface area contributed by atoms with Crippen LogP contribution in [0.3, 0.4) is 0 Å². The van der Waals surface area contributed by atoms with Gasteiger partial charge in [0.1, 0.15) is 5.82 Å². The number of halogens is 3. The quantitative estimate of drug-likeness (QED) is 0.606. The van der Waals surface area contributed by atoms with E-state index in [1.54, 1.807) is 0 Å². The van der Waals surface area contributed by atoms with Crippen molar-refractivity contribution in [1.82, 2.24) is 9.97 Å². The lowest BCUT2D eigenvalue weighted by molar-refractivity contribution is -0.137. The summed E-state index contributed by atoms with van der Waals surface area (Å²) in [6.07, 6.45) is 4.34. The summed E-state index contributed by atoms with van der Waals surface area (Å²) in [6.45, 7) is 0. The van der Waals surface area contributed by atoms with Gasteiger partial charge in [0.2, 0.25) is 0 Å². The summed E-state index contributed by atoms with van der Waals surface area (Å²) >= 11 is 0. The first-order chi connectivity index (χ1) is 12.5. The smallest absolute Gasteiger partial charge is 0.367 e. The molecule has 1 aromatic heterocycles. The first-order valence-corrected chi connectivity index (χ1v) is 8.74. The molecule has 0 amide bonds. The SMILES string of the molecule is O=Cc1ncc(-c2ccc(C(F)(F)F)cc2)c(NC2CCCCCC2)n1. The Morgan fingerprint density at radius 2 is 1.69 bits per heavy atom. The fourth-order valence-corrected chi connectivity index (χ4v) is 3.23. The van der Waals surface area contributed by atoms with Crippen molar-refractivity contribution in [1.29, 1.82) is 0 Å². The van der Waals surface area contributed by atoms with E-state index in [9.17, 15) is 18.0 Å². The lowest BCUT2D eigenvalue weighted by Gasteiger charge is -2.19. The molecule has 0 saturated heterocycles. The van der Waals surface area contributed by atoms with E-state index in [1.807, 2.05) is 0 Å². The lowest BCUT2D eigenvalue weighted by atomic mass is 10.0. The molecule has 138 valence electrons. The number of nitrogens with zero attached hydrogens (tertiary/aromatic N) is 2. The number of carbonyl (C=O) groups is 1. The van der Waals surface area contributed by atoms with Crippen molar-refractivity contribution in [3.8, 4) is 11.1 Å². The molecule has 0 unspecified atom stereocenters. The Bertz CT molecular complexity index is 752. The van der Waals surface area contributed by atoms with Crippen molar-refractivity contribution < 1.29 is 18.0 Å². The predicted octanol–water partition coefficient (Wildman–Crippen LogP) is 5.11. The van der Waals surface area contributed by atoms with Crippen LogP contribution in [0.1, 0.15) is 54.7 Å². The van der Waals surface area contributed by atoms with Crippen LogP contribution in [0.2, 0.25) is 0 Å². The second kappa shape index (κ2) is 7.85. The van der Waals surface area contributed by atoms with Gasteiger partial charge in [0.15, 0.2) is 12.1 Å². The highest BCUT2D eigenvalue weighted by Gasteiger charge is 2.30. The van der Waals surface area contributed by atoms with E-state index in [4.69, 9.17) is 0 Å². The number of benzene rings is 1. The summed E-state index contributed by atoms with van der Waals surface area (Å²) < 4.78 is 38.3. The molecule has 0 radical (unpaired) electrons. The average molecular weight is 363 g/mol. The Labute approximate surface area is 149 Å². The number of carbonyl (C=O) groups excluding carboxylic acids is 1. The van der Waals surface area contributed by atoms with Gasteiger partial charge in [-0.1, -0.05) is 37.8 Å². The van der Waals surface area contributed by atoms with Crippen LogP contribution in [0.5, 0.6) is 0 Å². The Morgan fingerprint density at radius 3 is 2.27 bits per heavy atom.